The van der Waals surface area contributed by atoms with E-state index in [1.165, 1.54) is 10.6 Å². The SMILES string of the molecule is CC(NC(=O)CCN(CCN1CCOCC1)S(C)(=O)=O)c1ccccc1. The van der Waals surface area contributed by atoms with Gasteiger partial charge >= 0.3 is 0 Å². The Labute approximate surface area is 156 Å². The van der Waals surface area contributed by atoms with Gasteiger partial charge in [0.15, 0.2) is 0 Å². The van der Waals surface area contributed by atoms with Crippen LogP contribution >= 0.6 is 0 Å². The second-order valence-electron chi connectivity index (χ2n) is 6.57. The molecule has 26 heavy (non-hydrogen) atoms. The number of amides is 1. The molecule has 8 heteroatoms. The second kappa shape index (κ2) is 10.0. The van der Waals surface area contributed by atoms with Gasteiger partial charge in [0.2, 0.25) is 15.9 Å². The second-order valence-corrected chi connectivity index (χ2v) is 8.55. The third kappa shape index (κ3) is 7.03. The highest BCUT2D eigenvalue weighted by molar-refractivity contribution is 7.88. The summed E-state index contributed by atoms with van der Waals surface area (Å²) in [6.07, 6.45) is 1.34. The Morgan fingerprint density at radius 2 is 1.88 bits per heavy atom. The molecule has 1 aromatic carbocycles. The molecule has 0 aliphatic carbocycles. The van der Waals surface area contributed by atoms with Crippen molar-refractivity contribution in [3.8, 4) is 0 Å². The number of rotatable bonds is 9. The van der Waals surface area contributed by atoms with Gasteiger partial charge in [-0.05, 0) is 12.5 Å². The van der Waals surface area contributed by atoms with Crippen molar-refractivity contribution < 1.29 is 17.9 Å². The van der Waals surface area contributed by atoms with Crippen molar-refractivity contribution in [3.05, 3.63) is 35.9 Å². The summed E-state index contributed by atoms with van der Waals surface area (Å²) in [4.78, 5) is 14.4. The molecule has 1 heterocycles. The summed E-state index contributed by atoms with van der Waals surface area (Å²) in [6, 6.07) is 9.58. The molecular weight excluding hydrogens is 354 g/mol. The third-order valence-corrected chi connectivity index (χ3v) is 5.81. The average molecular weight is 384 g/mol. The van der Waals surface area contributed by atoms with Gasteiger partial charge in [-0.25, -0.2) is 12.7 Å². The molecule has 0 spiro atoms. The molecule has 1 aliphatic heterocycles. The lowest BCUT2D eigenvalue weighted by atomic mass is 10.1. The van der Waals surface area contributed by atoms with Gasteiger partial charge in [-0.15, -0.1) is 0 Å². The maximum absolute atomic E-state index is 12.2. The fourth-order valence-electron chi connectivity index (χ4n) is 2.89. The normalized spacial score (nSPS) is 17.2. The van der Waals surface area contributed by atoms with E-state index in [2.05, 4.69) is 10.2 Å². The number of nitrogens with one attached hydrogen (secondary N) is 1. The van der Waals surface area contributed by atoms with Crippen LogP contribution in [0.3, 0.4) is 0 Å². The molecule has 0 bridgehead atoms. The minimum atomic E-state index is -3.35. The van der Waals surface area contributed by atoms with Gasteiger partial charge in [0.25, 0.3) is 0 Å². The van der Waals surface area contributed by atoms with Crippen molar-refractivity contribution in [2.45, 2.75) is 19.4 Å². The van der Waals surface area contributed by atoms with Crippen LogP contribution in [-0.2, 0) is 19.6 Å². The molecule has 0 radical (unpaired) electrons. The Bertz CT molecular complexity index is 660. The zero-order chi connectivity index (χ0) is 19.0. The van der Waals surface area contributed by atoms with Gasteiger partial charge in [-0.3, -0.25) is 9.69 Å². The maximum atomic E-state index is 12.2. The number of benzene rings is 1. The minimum absolute atomic E-state index is 0.108. The first kappa shape index (κ1) is 20.8. The van der Waals surface area contributed by atoms with Crippen LogP contribution in [0.1, 0.15) is 24.9 Å². The van der Waals surface area contributed by atoms with Crippen molar-refractivity contribution in [2.75, 3.05) is 52.2 Å². The van der Waals surface area contributed by atoms with Crippen LogP contribution in [0, 0.1) is 0 Å². The summed E-state index contributed by atoms with van der Waals surface area (Å²) >= 11 is 0. The Kier molecular flexibility index (Phi) is 8.02. The molecule has 1 aliphatic rings. The van der Waals surface area contributed by atoms with Crippen LogP contribution in [0.15, 0.2) is 30.3 Å². The molecule has 2 rings (SSSR count). The van der Waals surface area contributed by atoms with E-state index in [0.29, 0.717) is 26.3 Å². The summed E-state index contributed by atoms with van der Waals surface area (Å²) in [5, 5.41) is 2.92. The number of morpholine rings is 1. The van der Waals surface area contributed by atoms with Crippen LogP contribution in [0.25, 0.3) is 0 Å². The first-order valence-electron chi connectivity index (χ1n) is 8.96. The quantitative estimate of drug-likeness (QED) is 0.684. The molecule has 0 aromatic heterocycles. The number of carbonyl (C=O) groups is 1. The number of carbonyl (C=O) groups excluding carboxylic acids is 1. The molecule has 1 aromatic rings. The van der Waals surface area contributed by atoms with Gasteiger partial charge in [-0.2, -0.15) is 0 Å². The molecule has 1 N–H and O–H groups in total. The summed E-state index contributed by atoms with van der Waals surface area (Å²) in [7, 11) is -3.35. The molecule has 1 amide bonds. The predicted molar refractivity (Wildman–Crippen MR) is 101 cm³/mol. The lowest BCUT2D eigenvalue weighted by Crippen LogP contribution is -2.43. The highest BCUT2D eigenvalue weighted by Crippen LogP contribution is 2.11. The van der Waals surface area contributed by atoms with Crippen molar-refractivity contribution in [1.29, 1.82) is 0 Å². The fraction of sp³-hybridized carbons (Fsp3) is 0.611. The molecule has 7 nitrogen and oxygen atoms in total. The Morgan fingerprint density at radius 1 is 1.23 bits per heavy atom. The van der Waals surface area contributed by atoms with Crippen LogP contribution in [0.5, 0.6) is 0 Å². The van der Waals surface area contributed by atoms with Crippen LogP contribution in [-0.4, -0.2) is 75.7 Å². The zero-order valence-electron chi connectivity index (χ0n) is 15.6. The highest BCUT2D eigenvalue weighted by Gasteiger charge is 2.20. The largest absolute Gasteiger partial charge is 0.379 e. The van der Waals surface area contributed by atoms with E-state index >= 15 is 0 Å². The van der Waals surface area contributed by atoms with Gasteiger partial charge in [0, 0.05) is 39.1 Å². The average Bonchev–Trinajstić information content (AvgIpc) is 2.62. The predicted octanol–water partition coefficient (Wildman–Crippen LogP) is 0.848. The van der Waals surface area contributed by atoms with E-state index in [4.69, 9.17) is 4.74 Å². The van der Waals surface area contributed by atoms with Crippen LogP contribution in [0.2, 0.25) is 0 Å². The first-order valence-corrected chi connectivity index (χ1v) is 10.8. The lowest BCUT2D eigenvalue weighted by Gasteiger charge is -2.29. The van der Waals surface area contributed by atoms with Gasteiger partial charge in [0.05, 0.1) is 25.5 Å². The monoisotopic (exact) mass is 383 g/mol. The fourth-order valence-corrected chi connectivity index (χ4v) is 3.72. The highest BCUT2D eigenvalue weighted by atomic mass is 32.2. The topological polar surface area (TPSA) is 79.0 Å². The number of nitrogens with zero attached hydrogens (tertiary/aromatic N) is 2. The number of hydrogen-bond acceptors (Lipinski definition) is 5. The Morgan fingerprint density at radius 3 is 2.50 bits per heavy atom. The van der Waals surface area contributed by atoms with Crippen molar-refractivity contribution in [3.63, 3.8) is 0 Å². The third-order valence-electron chi connectivity index (χ3n) is 4.50. The molecule has 1 unspecified atom stereocenters. The van der Waals surface area contributed by atoms with Gasteiger partial charge in [-0.1, -0.05) is 30.3 Å². The molecule has 146 valence electrons. The zero-order valence-corrected chi connectivity index (χ0v) is 16.4. The van der Waals surface area contributed by atoms with E-state index in [0.717, 1.165) is 18.7 Å². The minimum Gasteiger partial charge on any atom is -0.379 e. The van der Waals surface area contributed by atoms with Crippen LogP contribution < -0.4 is 5.32 Å². The van der Waals surface area contributed by atoms with Crippen LogP contribution in [0.4, 0.5) is 0 Å². The number of hydrogen-bond donors (Lipinski definition) is 1. The molecule has 1 saturated heterocycles. The Hall–Kier alpha value is -1.48. The smallest absolute Gasteiger partial charge is 0.221 e. The van der Waals surface area contributed by atoms with E-state index in [1.807, 2.05) is 37.3 Å². The summed E-state index contributed by atoms with van der Waals surface area (Å²) < 4.78 is 30.7. The standard InChI is InChI=1S/C18H29N3O4S/c1-16(17-6-4-3-5-7-17)19-18(22)8-9-21(26(2,23)24)11-10-20-12-14-25-15-13-20/h3-7,16H,8-15H2,1-2H3,(H,19,22). The van der Waals surface area contributed by atoms with E-state index in [-0.39, 0.29) is 24.9 Å². The molecule has 1 atom stereocenters. The van der Waals surface area contributed by atoms with Crippen molar-refractivity contribution in [1.82, 2.24) is 14.5 Å². The molecule has 0 saturated carbocycles. The van der Waals surface area contributed by atoms with E-state index in [9.17, 15) is 13.2 Å². The van der Waals surface area contributed by atoms with Gasteiger partial charge in [0.1, 0.15) is 0 Å². The van der Waals surface area contributed by atoms with E-state index < -0.39 is 10.0 Å². The van der Waals surface area contributed by atoms with Crippen molar-refractivity contribution in [2.24, 2.45) is 0 Å². The summed E-state index contributed by atoms with van der Waals surface area (Å²) in [5.41, 5.74) is 1.02. The first-order chi connectivity index (χ1) is 12.4. The van der Waals surface area contributed by atoms with Crippen molar-refractivity contribution >= 4 is 15.9 Å². The molecular formula is C18H29N3O4S. The Balaban J connectivity index is 1.81. The number of sulfonamides is 1. The summed E-state index contributed by atoms with van der Waals surface area (Å²) in [6.45, 7) is 6.13. The molecule has 1 fully saturated rings. The number of ether oxygens (including phenoxy) is 1. The van der Waals surface area contributed by atoms with E-state index in [1.54, 1.807) is 0 Å². The summed E-state index contributed by atoms with van der Waals surface area (Å²) in [5.74, 6) is -0.152. The van der Waals surface area contributed by atoms with Gasteiger partial charge < -0.3 is 10.1 Å². The maximum Gasteiger partial charge on any atom is 0.221 e. The lowest BCUT2D eigenvalue weighted by molar-refractivity contribution is -0.121.